The molecular weight excluding hydrogens is 262 g/mol. The van der Waals surface area contributed by atoms with E-state index in [2.05, 4.69) is 4.74 Å². The van der Waals surface area contributed by atoms with E-state index < -0.39 is 24.4 Å². The van der Waals surface area contributed by atoms with Crippen LogP contribution in [0.15, 0.2) is 18.2 Å². The molecule has 1 rings (SSSR count). The van der Waals surface area contributed by atoms with Gasteiger partial charge in [0.25, 0.3) is 0 Å². The lowest BCUT2D eigenvalue weighted by molar-refractivity contribution is -0.147. The second-order valence-corrected chi connectivity index (χ2v) is 3.65. The van der Waals surface area contributed by atoms with Crippen LogP contribution < -0.4 is 4.74 Å². The van der Waals surface area contributed by atoms with Crippen molar-refractivity contribution in [1.29, 1.82) is 0 Å². The van der Waals surface area contributed by atoms with Crippen molar-refractivity contribution in [3.63, 3.8) is 0 Å². The maximum Gasteiger partial charge on any atom is 0.387 e. The Balaban J connectivity index is 3.22. The molecule has 0 aromatic heterocycles. The lowest BCUT2D eigenvalue weighted by Gasteiger charge is -2.16. The molecule has 7 heteroatoms. The fourth-order valence-corrected chi connectivity index (χ4v) is 1.65. The fraction of sp³-hybridized carbons (Fsp3) is 0.333. The number of carbonyl (C=O) groups excluding carboxylic acids is 1. The van der Waals surface area contributed by atoms with E-state index >= 15 is 0 Å². The molecule has 19 heavy (non-hydrogen) atoms. The number of carbonyl (C=O) groups is 2. The van der Waals surface area contributed by atoms with Gasteiger partial charge in [0.2, 0.25) is 0 Å². The number of aliphatic hydroxyl groups excluding tert-OH is 1. The molecule has 0 radical (unpaired) electrons. The molecule has 0 spiro atoms. The SMILES string of the molecule is O=CCCc1cccc(OC(F)F)c1C(O)C(=O)O. The largest absolute Gasteiger partial charge is 0.479 e. The van der Waals surface area contributed by atoms with Crippen molar-refractivity contribution in [1.82, 2.24) is 0 Å². The number of ether oxygens (including phenoxy) is 1. The average Bonchev–Trinajstić information content (AvgIpc) is 2.34. The molecule has 0 saturated carbocycles. The van der Waals surface area contributed by atoms with Crippen LogP contribution >= 0.6 is 0 Å². The summed E-state index contributed by atoms with van der Waals surface area (Å²) >= 11 is 0. The van der Waals surface area contributed by atoms with Gasteiger partial charge in [0.1, 0.15) is 12.0 Å². The van der Waals surface area contributed by atoms with Gasteiger partial charge in [0.15, 0.2) is 6.10 Å². The van der Waals surface area contributed by atoms with Crippen molar-refractivity contribution in [3.8, 4) is 5.75 Å². The molecule has 0 fully saturated rings. The number of halogens is 2. The lowest BCUT2D eigenvalue weighted by Crippen LogP contribution is -2.16. The first-order valence-corrected chi connectivity index (χ1v) is 5.38. The van der Waals surface area contributed by atoms with Gasteiger partial charge in [-0.3, -0.25) is 0 Å². The molecule has 0 bridgehead atoms. The number of hydrogen-bond donors (Lipinski definition) is 2. The second kappa shape index (κ2) is 6.79. The van der Waals surface area contributed by atoms with Gasteiger partial charge in [-0.2, -0.15) is 8.78 Å². The van der Waals surface area contributed by atoms with Crippen molar-refractivity contribution in [2.24, 2.45) is 0 Å². The van der Waals surface area contributed by atoms with Gasteiger partial charge in [0, 0.05) is 12.0 Å². The summed E-state index contributed by atoms with van der Waals surface area (Å²) < 4.78 is 28.7. The number of rotatable bonds is 7. The zero-order valence-corrected chi connectivity index (χ0v) is 9.75. The van der Waals surface area contributed by atoms with Crippen LogP contribution in [0.5, 0.6) is 5.75 Å². The quantitative estimate of drug-likeness (QED) is 0.737. The molecule has 1 aromatic carbocycles. The van der Waals surface area contributed by atoms with Gasteiger partial charge >= 0.3 is 12.6 Å². The maximum absolute atomic E-state index is 12.2. The zero-order chi connectivity index (χ0) is 14.4. The summed E-state index contributed by atoms with van der Waals surface area (Å²) in [5.41, 5.74) is 0.0253. The molecule has 0 amide bonds. The third kappa shape index (κ3) is 3.99. The Bertz CT molecular complexity index is 461. The number of hydrogen-bond acceptors (Lipinski definition) is 4. The van der Waals surface area contributed by atoms with Crippen molar-refractivity contribution in [2.45, 2.75) is 25.6 Å². The number of aryl methyl sites for hydroxylation is 1. The van der Waals surface area contributed by atoms with Crippen molar-refractivity contribution in [2.75, 3.05) is 0 Å². The molecular formula is C12H12F2O5. The second-order valence-electron chi connectivity index (χ2n) is 3.65. The number of aliphatic carboxylic acids is 1. The van der Waals surface area contributed by atoms with Gasteiger partial charge in [-0.15, -0.1) is 0 Å². The Hall–Kier alpha value is -2.02. The van der Waals surface area contributed by atoms with Crippen molar-refractivity contribution < 1.29 is 33.3 Å². The summed E-state index contributed by atoms with van der Waals surface area (Å²) in [5, 5.41) is 18.3. The van der Waals surface area contributed by atoms with Crippen molar-refractivity contribution >= 4 is 12.3 Å². The topological polar surface area (TPSA) is 83.8 Å². The summed E-state index contributed by atoms with van der Waals surface area (Å²) in [6.45, 7) is -3.14. The third-order valence-electron chi connectivity index (χ3n) is 2.41. The lowest BCUT2D eigenvalue weighted by atomic mass is 9.97. The summed E-state index contributed by atoms with van der Waals surface area (Å²) in [4.78, 5) is 21.1. The monoisotopic (exact) mass is 274 g/mol. The Kier molecular flexibility index (Phi) is 5.37. The minimum atomic E-state index is -3.14. The minimum Gasteiger partial charge on any atom is -0.479 e. The van der Waals surface area contributed by atoms with Gasteiger partial charge in [0.05, 0.1) is 0 Å². The van der Waals surface area contributed by atoms with E-state index in [-0.39, 0.29) is 24.0 Å². The highest BCUT2D eigenvalue weighted by atomic mass is 19.3. The van der Waals surface area contributed by atoms with Crippen molar-refractivity contribution in [3.05, 3.63) is 29.3 Å². The molecule has 5 nitrogen and oxygen atoms in total. The molecule has 0 aliphatic heterocycles. The van der Waals surface area contributed by atoms with Gasteiger partial charge < -0.3 is 19.7 Å². The molecule has 0 aliphatic rings. The summed E-state index contributed by atoms with van der Waals surface area (Å²) in [6.07, 6.45) is -1.17. The summed E-state index contributed by atoms with van der Waals surface area (Å²) in [5.74, 6) is -1.99. The van der Waals surface area contributed by atoms with E-state index in [9.17, 15) is 23.5 Å². The van der Waals surface area contributed by atoms with Crippen LogP contribution in [-0.2, 0) is 16.0 Å². The molecule has 1 atom stereocenters. The maximum atomic E-state index is 12.2. The molecule has 2 N–H and O–H groups in total. The Morgan fingerprint density at radius 3 is 2.63 bits per heavy atom. The first kappa shape index (κ1) is 15.0. The number of aliphatic hydroxyl groups is 1. The van der Waals surface area contributed by atoms with Gasteiger partial charge in [-0.25, -0.2) is 4.79 Å². The number of alkyl halides is 2. The predicted octanol–water partition coefficient (Wildman–Crippen LogP) is 1.54. The van der Waals surface area contributed by atoms with Crippen LogP contribution in [0.1, 0.15) is 23.7 Å². The zero-order valence-electron chi connectivity index (χ0n) is 9.75. The van der Waals surface area contributed by atoms with E-state index in [1.54, 1.807) is 0 Å². The first-order chi connectivity index (χ1) is 8.97. The minimum absolute atomic E-state index is 0.0808. The standard InChI is InChI=1S/C12H12F2O5/c13-12(14)19-8-5-1-3-7(4-2-6-15)9(8)10(16)11(17)18/h1,3,5-6,10,12,16H,2,4H2,(H,17,18). The normalized spacial score (nSPS) is 12.2. The molecule has 1 aromatic rings. The van der Waals surface area contributed by atoms with Gasteiger partial charge in [-0.1, -0.05) is 12.1 Å². The van der Waals surface area contributed by atoms with Crippen LogP contribution in [0.3, 0.4) is 0 Å². The van der Waals surface area contributed by atoms with Crippen LogP contribution in [0.4, 0.5) is 8.78 Å². The molecule has 104 valence electrons. The number of benzene rings is 1. The van der Waals surface area contributed by atoms with E-state index in [0.29, 0.717) is 6.29 Å². The van der Waals surface area contributed by atoms with E-state index in [0.717, 1.165) is 6.07 Å². The Morgan fingerprint density at radius 1 is 1.42 bits per heavy atom. The smallest absolute Gasteiger partial charge is 0.387 e. The number of aldehydes is 1. The van der Waals surface area contributed by atoms with E-state index in [1.807, 2.05) is 0 Å². The van der Waals surface area contributed by atoms with E-state index in [1.165, 1.54) is 12.1 Å². The molecule has 0 heterocycles. The first-order valence-electron chi connectivity index (χ1n) is 5.38. The third-order valence-corrected chi connectivity index (χ3v) is 2.41. The predicted molar refractivity (Wildman–Crippen MR) is 60.1 cm³/mol. The Morgan fingerprint density at radius 2 is 2.11 bits per heavy atom. The molecule has 0 aliphatic carbocycles. The Labute approximate surface area is 107 Å². The van der Waals surface area contributed by atoms with E-state index in [4.69, 9.17) is 5.11 Å². The summed E-state index contributed by atoms with van der Waals surface area (Å²) in [6, 6.07) is 3.97. The molecule has 0 saturated heterocycles. The number of carboxylic acids is 1. The van der Waals surface area contributed by atoms with Crippen LogP contribution in [0.25, 0.3) is 0 Å². The van der Waals surface area contributed by atoms with Crippen LogP contribution in [0.2, 0.25) is 0 Å². The number of carboxylic acid groups (broad SMARTS) is 1. The van der Waals surface area contributed by atoms with Gasteiger partial charge in [-0.05, 0) is 18.1 Å². The highest BCUT2D eigenvalue weighted by Gasteiger charge is 2.25. The summed E-state index contributed by atoms with van der Waals surface area (Å²) in [7, 11) is 0. The average molecular weight is 274 g/mol. The highest BCUT2D eigenvalue weighted by molar-refractivity contribution is 5.76. The highest BCUT2D eigenvalue weighted by Crippen LogP contribution is 2.31. The fourth-order valence-electron chi connectivity index (χ4n) is 1.65. The van der Waals surface area contributed by atoms with Crippen LogP contribution in [0, 0.1) is 0 Å². The molecule has 1 unspecified atom stereocenters. The van der Waals surface area contributed by atoms with Crippen LogP contribution in [-0.4, -0.2) is 29.1 Å².